The molecule has 0 aliphatic rings. The molecule has 1 unspecified atom stereocenters. The van der Waals surface area contributed by atoms with Crippen LogP contribution in [0.4, 0.5) is 0 Å². The minimum Gasteiger partial charge on any atom is -0.496 e. The maximum absolute atomic E-state index is 12.1. The van der Waals surface area contributed by atoms with Crippen molar-refractivity contribution < 1.29 is 14.3 Å². The van der Waals surface area contributed by atoms with Crippen LogP contribution >= 0.6 is 11.6 Å². The van der Waals surface area contributed by atoms with Gasteiger partial charge < -0.3 is 9.47 Å². The van der Waals surface area contributed by atoms with Gasteiger partial charge in [-0.3, -0.25) is 4.79 Å². The van der Waals surface area contributed by atoms with Gasteiger partial charge in [0.15, 0.2) is 6.10 Å². The number of hydrogen-bond acceptors (Lipinski definition) is 4. The minimum absolute atomic E-state index is 0.351. The van der Waals surface area contributed by atoms with E-state index in [1.807, 2.05) is 38.1 Å². The molecule has 25 heavy (non-hydrogen) atoms. The van der Waals surface area contributed by atoms with Gasteiger partial charge in [-0.15, -0.1) is 0 Å². The number of carbonyl (C=O) groups is 1. The summed E-state index contributed by atoms with van der Waals surface area (Å²) in [5, 5.41) is 4.66. The molecule has 0 spiro atoms. The first-order chi connectivity index (χ1) is 11.9. The summed E-state index contributed by atoms with van der Waals surface area (Å²) >= 11 is 6.14. The van der Waals surface area contributed by atoms with Gasteiger partial charge in [-0.1, -0.05) is 23.7 Å². The van der Waals surface area contributed by atoms with Crippen LogP contribution in [0.3, 0.4) is 0 Å². The second-order valence-electron chi connectivity index (χ2n) is 5.61. The second kappa shape index (κ2) is 8.53. The normalized spacial score (nSPS) is 12.0. The highest BCUT2D eigenvalue weighted by Gasteiger charge is 2.15. The molecule has 0 radical (unpaired) electrons. The predicted octanol–water partition coefficient (Wildman–Crippen LogP) is 3.88. The molecule has 0 saturated heterocycles. The summed E-state index contributed by atoms with van der Waals surface area (Å²) < 4.78 is 10.9. The summed E-state index contributed by atoms with van der Waals surface area (Å²) in [6.07, 6.45) is 0.829. The Kier molecular flexibility index (Phi) is 6.42. The van der Waals surface area contributed by atoms with Crippen LogP contribution < -0.4 is 14.9 Å². The molecule has 0 aliphatic carbocycles. The van der Waals surface area contributed by atoms with Crippen molar-refractivity contribution >= 4 is 23.7 Å². The highest BCUT2D eigenvalue weighted by Crippen LogP contribution is 2.26. The van der Waals surface area contributed by atoms with E-state index in [9.17, 15) is 4.79 Å². The number of ether oxygens (including phenoxy) is 2. The zero-order valence-electron chi connectivity index (χ0n) is 14.7. The van der Waals surface area contributed by atoms with Gasteiger partial charge in [-0.25, -0.2) is 5.43 Å². The Morgan fingerprint density at radius 1 is 1.24 bits per heavy atom. The zero-order valence-corrected chi connectivity index (χ0v) is 15.4. The van der Waals surface area contributed by atoms with Crippen LogP contribution in [0.2, 0.25) is 5.02 Å². The maximum atomic E-state index is 12.1. The average Bonchev–Trinajstić information content (AvgIpc) is 2.59. The van der Waals surface area contributed by atoms with E-state index in [-0.39, 0.29) is 5.91 Å². The summed E-state index contributed by atoms with van der Waals surface area (Å²) in [4.78, 5) is 12.1. The van der Waals surface area contributed by atoms with Crippen molar-refractivity contribution in [2.45, 2.75) is 26.9 Å². The molecule has 0 aliphatic heterocycles. The van der Waals surface area contributed by atoms with E-state index < -0.39 is 6.10 Å². The highest BCUT2D eigenvalue weighted by atomic mass is 35.5. The Bertz CT molecular complexity index is 767. The van der Waals surface area contributed by atoms with Crippen LogP contribution in [0.15, 0.2) is 41.5 Å². The standard InChI is InChI=1S/C19H21ClN2O3/c1-12-9-16(10-13(2)18(12)20)25-14(3)19(23)22-21-11-15-7-5-6-8-17(15)24-4/h5-11,14H,1-4H3,(H,22,23)/b21-11+. The molecular formula is C19H21ClN2O3. The molecule has 2 aromatic rings. The number of rotatable bonds is 6. The first-order valence-corrected chi connectivity index (χ1v) is 8.19. The molecule has 6 heteroatoms. The fourth-order valence-electron chi connectivity index (χ4n) is 2.26. The summed E-state index contributed by atoms with van der Waals surface area (Å²) in [6, 6.07) is 11.0. The van der Waals surface area contributed by atoms with Crippen molar-refractivity contribution in [3.8, 4) is 11.5 Å². The number of nitrogens with one attached hydrogen (secondary N) is 1. The van der Waals surface area contributed by atoms with Gasteiger partial charge in [0, 0.05) is 10.6 Å². The maximum Gasteiger partial charge on any atom is 0.280 e. The Morgan fingerprint density at radius 3 is 2.52 bits per heavy atom. The summed E-state index contributed by atoms with van der Waals surface area (Å²) in [5.74, 6) is 0.920. The molecule has 1 N–H and O–H groups in total. The van der Waals surface area contributed by atoms with Gasteiger partial charge in [0.2, 0.25) is 0 Å². The number of carbonyl (C=O) groups excluding carboxylic acids is 1. The Hall–Kier alpha value is -2.53. The van der Waals surface area contributed by atoms with Crippen LogP contribution in [-0.4, -0.2) is 25.3 Å². The minimum atomic E-state index is -0.699. The van der Waals surface area contributed by atoms with Gasteiger partial charge in [0.25, 0.3) is 5.91 Å². The van der Waals surface area contributed by atoms with Gasteiger partial charge in [0.1, 0.15) is 11.5 Å². The van der Waals surface area contributed by atoms with E-state index in [4.69, 9.17) is 21.1 Å². The van der Waals surface area contributed by atoms with Gasteiger partial charge in [-0.05, 0) is 56.2 Å². The quantitative estimate of drug-likeness (QED) is 0.628. The van der Waals surface area contributed by atoms with Crippen LogP contribution in [0.5, 0.6) is 11.5 Å². The van der Waals surface area contributed by atoms with Gasteiger partial charge >= 0.3 is 0 Å². The van der Waals surface area contributed by atoms with Gasteiger partial charge in [0.05, 0.1) is 13.3 Å². The van der Waals surface area contributed by atoms with Crippen molar-refractivity contribution in [2.24, 2.45) is 5.10 Å². The Morgan fingerprint density at radius 2 is 1.88 bits per heavy atom. The molecule has 0 heterocycles. The number of hydrazone groups is 1. The number of nitrogens with zero attached hydrogens (tertiary/aromatic N) is 1. The number of benzene rings is 2. The van der Waals surface area contributed by atoms with Crippen molar-refractivity contribution in [1.82, 2.24) is 5.43 Å². The van der Waals surface area contributed by atoms with Crippen molar-refractivity contribution in [1.29, 1.82) is 0 Å². The van der Waals surface area contributed by atoms with E-state index >= 15 is 0 Å². The number of methoxy groups -OCH3 is 1. The molecule has 0 saturated carbocycles. The third-order valence-corrected chi connectivity index (χ3v) is 4.21. The highest BCUT2D eigenvalue weighted by molar-refractivity contribution is 6.32. The van der Waals surface area contributed by atoms with Crippen LogP contribution in [-0.2, 0) is 4.79 Å². The van der Waals surface area contributed by atoms with Crippen LogP contribution in [0, 0.1) is 13.8 Å². The number of hydrogen-bond donors (Lipinski definition) is 1. The van der Waals surface area contributed by atoms with Crippen molar-refractivity contribution in [3.05, 3.63) is 58.1 Å². The predicted molar refractivity (Wildman–Crippen MR) is 99.7 cm³/mol. The number of para-hydroxylation sites is 1. The summed E-state index contributed by atoms with van der Waals surface area (Å²) in [5.41, 5.74) is 5.04. The summed E-state index contributed by atoms with van der Waals surface area (Å²) in [6.45, 7) is 5.45. The fourth-order valence-corrected chi connectivity index (χ4v) is 2.37. The van der Waals surface area contributed by atoms with Crippen LogP contribution in [0.1, 0.15) is 23.6 Å². The first-order valence-electron chi connectivity index (χ1n) is 7.81. The van der Waals surface area contributed by atoms with Gasteiger partial charge in [-0.2, -0.15) is 5.10 Å². The smallest absolute Gasteiger partial charge is 0.280 e. The van der Waals surface area contributed by atoms with E-state index in [1.165, 1.54) is 6.21 Å². The SMILES string of the molecule is COc1ccccc1/C=N/NC(=O)C(C)Oc1cc(C)c(Cl)c(C)c1. The third-order valence-electron chi connectivity index (χ3n) is 3.61. The topological polar surface area (TPSA) is 59.9 Å². The second-order valence-corrected chi connectivity index (χ2v) is 5.99. The lowest BCUT2D eigenvalue weighted by molar-refractivity contribution is -0.127. The lowest BCUT2D eigenvalue weighted by atomic mass is 10.1. The molecule has 5 nitrogen and oxygen atoms in total. The monoisotopic (exact) mass is 360 g/mol. The lowest BCUT2D eigenvalue weighted by Crippen LogP contribution is -2.33. The number of aryl methyl sites for hydroxylation is 2. The first kappa shape index (κ1) is 18.8. The molecular weight excluding hydrogens is 340 g/mol. The van der Waals surface area contributed by atoms with Crippen LogP contribution in [0.25, 0.3) is 0 Å². The van der Waals surface area contributed by atoms with E-state index in [0.29, 0.717) is 16.5 Å². The van der Waals surface area contributed by atoms with E-state index in [2.05, 4.69) is 10.5 Å². The van der Waals surface area contributed by atoms with Crippen molar-refractivity contribution in [3.63, 3.8) is 0 Å². The molecule has 0 bridgehead atoms. The molecule has 0 aromatic heterocycles. The average molecular weight is 361 g/mol. The lowest BCUT2D eigenvalue weighted by Gasteiger charge is -2.15. The summed E-state index contributed by atoms with van der Waals surface area (Å²) in [7, 11) is 1.58. The molecule has 0 fully saturated rings. The largest absolute Gasteiger partial charge is 0.496 e. The number of amides is 1. The molecule has 132 valence electrons. The third kappa shape index (κ3) is 4.97. The van der Waals surface area contributed by atoms with E-state index in [0.717, 1.165) is 16.7 Å². The molecule has 1 amide bonds. The fraction of sp³-hybridized carbons (Fsp3) is 0.263. The van der Waals surface area contributed by atoms with E-state index in [1.54, 1.807) is 26.2 Å². The van der Waals surface area contributed by atoms with Crippen molar-refractivity contribution in [2.75, 3.05) is 7.11 Å². The Balaban J connectivity index is 1.97. The Labute approximate surface area is 152 Å². The zero-order chi connectivity index (χ0) is 18.4. The molecule has 2 rings (SSSR count). The number of halogens is 1. The molecule has 2 aromatic carbocycles. The molecule has 1 atom stereocenters.